The summed E-state index contributed by atoms with van der Waals surface area (Å²) in [5.74, 6) is -0.688. The lowest BCUT2D eigenvalue weighted by Crippen LogP contribution is -2.43. The van der Waals surface area contributed by atoms with Gasteiger partial charge in [0.15, 0.2) is 0 Å². The van der Waals surface area contributed by atoms with Gasteiger partial charge in [-0.25, -0.2) is 4.98 Å². The van der Waals surface area contributed by atoms with Crippen LogP contribution in [-0.4, -0.2) is 34.3 Å². The van der Waals surface area contributed by atoms with E-state index in [9.17, 15) is 9.59 Å². The minimum Gasteiger partial charge on any atom is -0.368 e. The van der Waals surface area contributed by atoms with Gasteiger partial charge in [0.1, 0.15) is 11.7 Å². The molecule has 0 aliphatic carbocycles. The molecule has 0 radical (unpaired) electrons. The van der Waals surface area contributed by atoms with Gasteiger partial charge in [0, 0.05) is 17.2 Å². The monoisotopic (exact) mass is 297 g/mol. The number of likely N-dealkylation sites (tertiary alicyclic amines) is 1. The summed E-state index contributed by atoms with van der Waals surface area (Å²) in [5, 5.41) is 0. The minimum atomic E-state index is -0.493. The normalized spacial score (nSPS) is 19.4. The Kier molecular flexibility index (Phi) is 3.42. The fourth-order valence-corrected chi connectivity index (χ4v) is 2.19. The second-order valence-corrected chi connectivity index (χ2v) is 4.84. The number of hydrogen-bond donors (Lipinski definition) is 1. The summed E-state index contributed by atoms with van der Waals surface area (Å²) < 4.78 is 0.807. The summed E-state index contributed by atoms with van der Waals surface area (Å²) in [6, 6.07) is 2.88. The number of carbonyl (C=O) groups excluding carboxylic acids is 2. The Morgan fingerprint density at radius 1 is 1.47 bits per heavy atom. The molecule has 1 saturated heterocycles. The third-order valence-electron chi connectivity index (χ3n) is 2.79. The summed E-state index contributed by atoms with van der Waals surface area (Å²) in [6.45, 7) is 0.560. The van der Waals surface area contributed by atoms with Crippen molar-refractivity contribution in [1.82, 2.24) is 9.88 Å². The molecule has 0 aromatic carbocycles. The first kappa shape index (κ1) is 12.0. The highest BCUT2D eigenvalue weighted by atomic mass is 79.9. The maximum absolute atomic E-state index is 12.1. The molecule has 0 saturated carbocycles. The third-order valence-corrected chi connectivity index (χ3v) is 3.26. The number of rotatable bonds is 2. The van der Waals surface area contributed by atoms with Crippen LogP contribution in [0.2, 0.25) is 0 Å². The third kappa shape index (κ3) is 2.46. The first-order valence-corrected chi connectivity index (χ1v) is 6.11. The molecule has 1 aromatic heterocycles. The zero-order chi connectivity index (χ0) is 12.4. The van der Waals surface area contributed by atoms with Crippen molar-refractivity contribution in [2.24, 2.45) is 5.73 Å². The molecule has 1 atom stereocenters. The molecule has 1 aliphatic heterocycles. The number of primary amides is 1. The first-order valence-electron chi connectivity index (χ1n) is 5.31. The van der Waals surface area contributed by atoms with Gasteiger partial charge in [0.25, 0.3) is 5.91 Å². The highest BCUT2D eigenvalue weighted by molar-refractivity contribution is 9.10. The Labute approximate surface area is 107 Å². The predicted octanol–water partition coefficient (Wildman–Crippen LogP) is 0.934. The van der Waals surface area contributed by atoms with E-state index in [2.05, 4.69) is 20.9 Å². The van der Waals surface area contributed by atoms with Crippen LogP contribution in [0.1, 0.15) is 23.3 Å². The number of nitrogens with two attached hydrogens (primary N) is 1. The number of hydrogen-bond acceptors (Lipinski definition) is 3. The standard InChI is InChI=1S/C11H12BrN3O2/c12-7-3-4-8(14-6-7)11(17)15-5-1-2-9(15)10(13)16/h3-4,6,9H,1-2,5H2,(H2,13,16). The molecule has 2 rings (SSSR count). The van der Waals surface area contributed by atoms with Gasteiger partial charge in [-0.1, -0.05) is 0 Å². The SMILES string of the molecule is NC(=O)C1CCCN1C(=O)c1ccc(Br)cn1. The summed E-state index contributed by atoms with van der Waals surface area (Å²) in [7, 11) is 0. The zero-order valence-corrected chi connectivity index (χ0v) is 10.7. The molecule has 1 aliphatic rings. The summed E-state index contributed by atoms with van der Waals surface area (Å²) in [4.78, 5) is 28.8. The van der Waals surface area contributed by atoms with Crippen LogP contribution in [0.4, 0.5) is 0 Å². The lowest BCUT2D eigenvalue weighted by molar-refractivity contribution is -0.121. The summed E-state index contributed by atoms with van der Waals surface area (Å²) in [5.41, 5.74) is 5.60. The van der Waals surface area contributed by atoms with Crippen molar-refractivity contribution in [1.29, 1.82) is 0 Å². The Morgan fingerprint density at radius 3 is 2.82 bits per heavy atom. The Hall–Kier alpha value is -1.43. The molecule has 17 heavy (non-hydrogen) atoms. The Morgan fingerprint density at radius 2 is 2.24 bits per heavy atom. The van der Waals surface area contributed by atoms with Crippen LogP contribution in [-0.2, 0) is 4.79 Å². The predicted molar refractivity (Wildman–Crippen MR) is 65.2 cm³/mol. The fourth-order valence-electron chi connectivity index (χ4n) is 1.96. The largest absolute Gasteiger partial charge is 0.368 e. The number of amides is 2. The van der Waals surface area contributed by atoms with Crippen molar-refractivity contribution in [3.05, 3.63) is 28.5 Å². The smallest absolute Gasteiger partial charge is 0.273 e. The molecule has 90 valence electrons. The van der Waals surface area contributed by atoms with Crippen LogP contribution in [0.3, 0.4) is 0 Å². The molecular formula is C11H12BrN3O2. The van der Waals surface area contributed by atoms with Gasteiger partial charge in [-0.05, 0) is 40.9 Å². The average Bonchev–Trinajstić information content (AvgIpc) is 2.78. The second kappa shape index (κ2) is 4.83. The summed E-state index contributed by atoms with van der Waals surface area (Å²) in [6.07, 6.45) is 3.00. The second-order valence-electron chi connectivity index (χ2n) is 3.92. The van der Waals surface area contributed by atoms with Crippen LogP contribution in [0, 0.1) is 0 Å². The molecule has 2 N–H and O–H groups in total. The van der Waals surface area contributed by atoms with Crippen LogP contribution in [0.5, 0.6) is 0 Å². The maximum Gasteiger partial charge on any atom is 0.273 e. The van der Waals surface area contributed by atoms with Gasteiger partial charge < -0.3 is 10.6 Å². The van der Waals surface area contributed by atoms with E-state index in [1.807, 2.05) is 0 Å². The van der Waals surface area contributed by atoms with Crippen molar-refractivity contribution >= 4 is 27.7 Å². The van der Waals surface area contributed by atoms with Gasteiger partial charge in [-0.15, -0.1) is 0 Å². The quantitative estimate of drug-likeness (QED) is 0.882. The van der Waals surface area contributed by atoms with Crippen molar-refractivity contribution in [3.63, 3.8) is 0 Å². The molecule has 1 fully saturated rings. The lowest BCUT2D eigenvalue weighted by atomic mass is 10.2. The molecule has 6 heteroatoms. The first-order chi connectivity index (χ1) is 8.09. The fraction of sp³-hybridized carbons (Fsp3) is 0.364. The number of nitrogens with zero attached hydrogens (tertiary/aromatic N) is 2. The van der Waals surface area contributed by atoms with E-state index in [0.717, 1.165) is 10.9 Å². The summed E-state index contributed by atoms with van der Waals surface area (Å²) >= 11 is 3.25. The topological polar surface area (TPSA) is 76.3 Å². The zero-order valence-electron chi connectivity index (χ0n) is 9.10. The molecule has 0 bridgehead atoms. The molecule has 2 amide bonds. The molecule has 1 aromatic rings. The van der Waals surface area contributed by atoms with Gasteiger partial charge in [-0.2, -0.15) is 0 Å². The van der Waals surface area contributed by atoms with E-state index < -0.39 is 11.9 Å². The van der Waals surface area contributed by atoms with E-state index in [-0.39, 0.29) is 5.91 Å². The van der Waals surface area contributed by atoms with E-state index >= 15 is 0 Å². The van der Waals surface area contributed by atoms with Gasteiger partial charge in [0.05, 0.1) is 0 Å². The number of aromatic nitrogens is 1. The van der Waals surface area contributed by atoms with Crippen LogP contribution in [0.25, 0.3) is 0 Å². The average molecular weight is 298 g/mol. The number of pyridine rings is 1. The van der Waals surface area contributed by atoms with Gasteiger partial charge in [-0.3, -0.25) is 9.59 Å². The molecule has 1 unspecified atom stereocenters. The molecule has 2 heterocycles. The van der Waals surface area contributed by atoms with Crippen LogP contribution < -0.4 is 5.73 Å². The van der Waals surface area contributed by atoms with E-state index in [4.69, 9.17) is 5.73 Å². The maximum atomic E-state index is 12.1. The molecular weight excluding hydrogens is 286 g/mol. The van der Waals surface area contributed by atoms with Crippen LogP contribution in [0.15, 0.2) is 22.8 Å². The van der Waals surface area contributed by atoms with Crippen LogP contribution >= 0.6 is 15.9 Å². The van der Waals surface area contributed by atoms with Crippen molar-refractivity contribution < 1.29 is 9.59 Å². The van der Waals surface area contributed by atoms with Crippen molar-refractivity contribution in [2.45, 2.75) is 18.9 Å². The molecule has 0 spiro atoms. The number of carbonyl (C=O) groups is 2. The van der Waals surface area contributed by atoms with Crippen molar-refractivity contribution in [3.8, 4) is 0 Å². The number of halogens is 1. The molecule has 5 nitrogen and oxygen atoms in total. The minimum absolute atomic E-state index is 0.237. The highest BCUT2D eigenvalue weighted by Crippen LogP contribution is 2.19. The lowest BCUT2D eigenvalue weighted by Gasteiger charge is -2.21. The van der Waals surface area contributed by atoms with E-state index in [1.54, 1.807) is 18.3 Å². The van der Waals surface area contributed by atoms with Gasteiger partial charge in [0.2, 0.25) is 5.91 Å². The van der Waals surface area contributed by atoms with Crippen molar-refractivity contribution in [2.75, 3.05) is 6.54 Å². The Balaban J connectivity index is 2.19. The van der Waals surface area contributed by atoms with E-state index in [0.29, 0.717) is 18.7 Å². The highest BCUT2D eigenvalue weighted by Gasteiger charge is 2.33. The van der Waals surface area contributed by atoms with Gasteiger partial charge >= 0.3 is 0 Å². The van der Waals surface area contributed by atoms with E-state index in [1.165, 1.54) is 4.90 Å². The Bertz CT molecular complexity index is 447.